The first-order valence-electron chi connectivity index (χ1n) is 8.15. The zero-order chi connectivity index (χ0) is 17.8. The molecular formula is C18H21Cl2N3O3. The van der Waals surface area contributed by atoms with E-state index >= 15 is 0 Å². The summed E-state index contributed by atoms with van der Waals surface area (Å²) < 4.78 is 1.46. The van der Waals surface area contributed by atoms with Gasteiger partial charge < -0.3 is 20.3 Å². The Hall–Kier alpha value is -1.86. The van der Waals surface area contributed by atoms with Crippen LogP contribution in [0.25, 0.3) is 0 Å². The van der Waals surface area contributed by atoms with Gasteiger partial charge in [-0.3, -0.25) is 9.59 Å². The van der Waals surface area contributed by atoms with Crippen LogP contribution in [-0.2, 0) is 6.54 Å². The molecule has 8 heteroatoms. The molecule has 140 valence electrons. The highest BCUT2D eigenvalue weighted by atomic mass is 35.5. The number of nitrogens with zero attached hydrogens (tertiary/aromatic N) is 1. The van der Waals surface area contributed by atoms with Crippen molar-refractivity contribution in [1.82, 2.24) is 15.2 Å². The van der Waals surface area contributed by atoms with Gasteiger partial charge in [-0.25, -0.2) is 0 Å². The molecule has 3 rings (SSSR count). The van der Waals surface area contributed by atoms with Crippen molar-refractivity contribution in [1.29, 1.82) is 0 Å². The Labute approximate surface area is 162 Å². The largest absolute Gasteiger partial charge is 0.391 e. The van der Waals surface area contributed by atoms with Gasteiger partial charge in [-0.15, -0.1) is 12.4 Å². The van der Waals surface area contributed by atoms with E-state index in [1.165, 1.54) is 22.9 Å². The summed E-state index contributed by atoms with van der Waals surface area (Å²) in [5.41, 5.74) is 1.00. The van der Waals surface area contributed by atoms with E-state index in [1.54, 1.807) is 6.07 Å². The lowest BCUT2D eigenvalue weighted by Crippen LogP contribution is -2.35. The number of nitrogens with one attached hydrogen (secondary N) is 2. The molecule has 0 bridgehead atoms. The van der Waals surface area contributed by atoms with Gasteiger partial charge in [0.25, 0.3) is 11.5 Å². The molecule has 2 unspecified atom stereocenters. The van der Waals surface area contributed by atoms with E-state index in [-0.39, 0.29) is 29.8 Å². The molecule has 0 aliphatic carbocycles. The van der Waals surface area contributed by atoms with Crippen LogP contribution in [0.1, 0.15) is 15.9 Å². The molecule has 2 aromatic rings. The molecule has 2 heterocycles. The average molecular weight is 398 g/mol. The lowest BCUT2D eigenvalue weighted by Gasteiger charge is -2.14. The van der Waals surface area contributed by atoms with Crippen molar-refractivity contribution in [2.75, 3.05) is 19.6 Å². The van der Waals surface area contributed by atoms with Crippen LogP contribution in [-0.4, -0.2) is 41.3 Å². The van der Waals surface area contributed by atoms with Crippen LogP contribution in [0.4, 0.5) is 0 Å². The Morgan fingerprint density at radius 3 is 2.73 bits per heavy atom. The van der Waals surface area contributed by atoms with Gasteiger partial charge >= 0.3 is 0 Å². The summed E-state index contributed by atoms with van der Waals surface area (Å²) in [4.78, 5) is 24.4. The minimum absolute atomic E-state index is 0. The first-order valence-corrected chi connectivity index (χ1v) is 8.53. The second kappa shape index (κ2) is 9.19. The third-order valence-electron chi connectivity index (χ3n) is 4.37. The summed E-state index contributed by atoms with van der Waals surface area (Å²) in [7, 11) is 0. The van der Waals surface area contributed by atoms with E-state index in [0.29, 0.717) is 36.8 Å². The Morgan fingerprint density at radius 1 is 1.27 bits per heavy atom. The molecule has 1 aromatic carbocycles. The predicted molar refractivity (Wildman–Crippen MR) is 103 cm³/mol. The minimum atomic E-state index is -0.450. The van der Waals surface area contributed by atoms with Crippen LogP contribution < -0.4 is 16.2 Å². The van der Waals surface area contributed by atoms with Gasteiger partial charge in [0.15, 0.2) is 0 Å². The number of pyridine rings is 1. The predicted octanol–water partition coefficient (Wildman–Crippen LogP) is 1.28. The Bertz CT molecular complexity index is 825. The Kier molecular flexibility index (Phi) is 7.23. The smallest absolute Gasteiger partial charge is 0.252 e. The summed E-state index contributed by atoms with van der Waals surface area (Å²) in [5.74, 6) is -0.273. The number of aliphatic hydroxyl groups is 1. The van der Waals surface area contributed by atoms with Crippen molar-refractivity contribution in [2.24, 2.45) is 5.92 Å². The van der Waals surface area contributed by atoms with Crippen LogP contribution in [0.2, 0.25) is 5.02 Å². The molecule has 1 fully saturated rings. The summed E-state index contributed by atoms with van der Waals surface area (Å²) in [6.45, 7) is 1.90. The lowest BCUT2D eigenvalue weighted by atomic mass is 10.1. The van der Waals surface area contributed by atoms with Crippen LogP contribution in [0.5, 0.6) is 0 Å². The second-order valence-corrected chi connectivity index (χ2v) is 6.58. The number of β-amino-alcohol motifs (C(OH)–C–C–N with tert-alkyl or cyclic N) is 1. The number of aromatic nitrogens is 1. The number of aliphatic hydroxyl groups excluding tert-OH is 1. The number of halogens is 2. The third kappa shape index (κ3) is 4.86. The van der Waals surface area contributed by atoms with Crippen molar-refractivity contribution in [3.05, 3.63) is 69.1 Å². The maximum atomic E-state index is 12.3. The monoisotopic (exact) mass is 397 g/mol. The third-order valence-corrected chi connectivity index (χ3v) is 4.74. The zero-order valence-corrected chi connectivity index (χ0v) is 15.6. The highest BCUT2D eigenvalue weighted by Gasteiger charge is 2.25. The van der Waals surface area contributed by atoms with Crippen molar-refractivity contribution in [2.45, 2.75) is 12.6 Å². The quantitative estimate of drug-likeness (QED) is 0.709. The maximum Gasteiger partial charge on any atom is 0.252 e. The molecule has 1 aliphatic heterocycles. The molecule has 0 radical (unpaired) electrons. The molecule has 2 atom stereocenters. The number of carbonyl (C=O) groups excluding carboxylic acids is 1. The fraction of sp³-hybridized carbons (Fsp3) is 0.333. The molecule has 0 spiro atoms. The molecule has 1 saturated heterocycles. The van der Waals surface area contributed by atoms with Crippen LogP contribution in [0, 0.1) is 5.92 Å². The maximum absolute atomic E-state index is 12.3. The molecule has 1 aromatic heterocycles. The van der Waals surface area contributed by atoms with Crippen LogP contribution >= 0.6 is 24.0 Å². The topological polar surface area (TPSA) is 83.4 Å². The minimum Gasteiger partial charge on any atom is -0.391 e. The van der Waals surface area contributed by atoms with Crippen LogP contribution in [0.15, 0.2) is 47.4 Å². The highest BCUT2D eigenvalue weighted by Crippen LogP contribution is 2.15. The van der Waals surface area contributed by atoms with E-state index in [2.05, 4.69) is 10.6 Å². The van der Waals surface area contributed by atoms with Gasteiger partial charge in [-0.05, 0) is 17.7 Å². The lowest BCUT2D eigenvalue weighted by molar-refractivity contribution is 0.0926. The SMILES string of the molecule is Cl.O=C(NCC1CNCC1O)c1ccc(=O)n(Cc2ccccc2Cl)c1. The van der Waals surface area contributed by atoms with Crippen molar-refractivity contribution < 1.29 is 9.90 Å². The second-order valence-electron chi connectivity index (χ2n) is 6.17. The number of carbonyl (C=O) groups is 1. The van der Waals surface area contributed by atoms with E-state index < -0.39 is 6.10 Å². The Morgan fingerprint density at radius 2 is 2.04 bits per heavy atom. The van der Waals surface area contributed by atoms with Crippen molar-refractivity contribution in [3.63, 3.8) is 0 Å². The number of amides is 1. The van der Waals surface area contributed by atoms with Gasteiger partial charge in [-0.2, -0.15) is 0 Å². The molecule has 0 saturated carbocycles. The van der Waals surface area contributed by atoms with E-state index in [0.717, 1.165) is 5.56 Å². The first kappa shape index (κ1) is 20.5. The Balaban J connectivity index is 0.00000243. The molecular weight excluding hydrogens is 377 g/mol. The van der Waals surface area contributed by atoms with Gasteiger partial charge in [0, 0.05) is 42.8 Å². The number of benzene rings is 1. The number of hydrogen-bond acceptors (Lipinski definition) is 4. The molecule has 3 N–H and O–H groups in total. The first-order chi connectivity index (χ1) is 12.0. The van der Waals surface area contributed by atoms with Gasteiger partial charge in [0.05, 0.1) is 18.2 Å². The normalized spacial score (nSPS) is 19.0. The summed E-state index contributed by atoms with van der Waals surface area (Å²) >= 11 is 6.14. The standard InChI is InChI=1S/C18H20ClN3O3.ClH/c19-15-4-2-1-3-12(15)10-22-11-13(5-6-17(22)24)18(25)21-8-14-7-20-9-16(14)23;/h1-6,11,14,16,20,23H,7-10H2,(H,21,25);1H. The van der Waals surface area contributed by atoms with Crippen molar-refractivity contribution >= 4 is 29.9 Å². The van der Waals surface area contributed by atoms with Crippen molar-refractivity contribution in [3.8, 4) is 0 Å². The molecule has 1 amide bonds. The van der Waals surface area contributed by atoms with Gasteiger partial charge in [0.1, 0.15) is 0 Å². The van der Waals surface area contributed by atoms with E-state index in [4.69, 9.17) is 11.6 Å². The summed E-state index contributed by atoms with van der Waals surface area (Å²) in [5, 5.41) is 16.2. The van der Waals surface area contributed by atoms with E-state index in [9.17, 15) is 14.7 Å². The van der Waals surface area contributed by atoms with Gasteiger partial charge in [-0.1, -0.05) is 29.8 Å². The average Bonchev–Trinajstić information content (AvgIpc) is 3.01. The summed E-state index contributed by atoms with van der Waals surface area (Å²) in [6, 6.07) is 10.2. The fourth-order valence-corrected chi connectivity index (χ4v) is 3.05. The fourth-order valence-electron chi connectivity index (χ4n) is 2.85. The number of hydrogen-bond donors (Lipinski definition) is 3. The number of rotatable bonds is 5. The molecule has 26 heavy (non-hydrogen) atoms. The van der Waals surface area contributed by atoms with Gasteiger partial charge in [0.2, 0.25) is 0 Å². The summed E-state index contributed by atoms with van der Waals surface area (Å²) in [6.07, 6.45) is 1.08. The zero-order valence-electron chi connectivity index (χ0n) is 14.0. The molecule has 6 nitrogen and oxygen atoms in total. The molecule has 1 aliphatic rings. The highest BCUT2D eigenvalue weighted by molar-refractivity contribution is 6.31. The van der Waals surface area contributed by atoms with E-state index in [1.807, 2.05) is 18.2 Å². The van der Waals surface area contributed by atoms with Crippen LogP contribution in [0.3, 0.4) is 0 Å².